The molecule has 0 bridgehead atoms. The Kier molecular flexibility index (Phi) is 76.7. The zero-order valence-electron chi connectivity index (χ0n) is 67.3. The summed E-state index contributed by atoms with van der Waals surface area (Å²) in [7, 11) is -9.92. The molecule has 0 aromatic rings. The standard InChI is InChI=1S/C84H164O17P2/c1-5-9-13-17-21-25-29-32-34-36-38-40-42-44-47-49-53-57-61-65-69-82(87)95-75-80(101-84(89)71-67-63-59-55-51-48-45-43-41-39-37-35-33-30-26-22-18-14-10-6-2)77-99-103(92,93)97-73-78(85)72-96-102(90,91)98-76-79(74-94-81(86)68-64-60-56-52-28-24-20-16-12-8-4)100-83(88)70-66-62-58-54-50-46-31-27-23-19-15-11-7-3/h78-80,85H,5-77H2,1-4H3,(H,90,91)(H,92,93)/t78-,79+,80+/m0/s1. The van der Waals surface area contributed by atoms with Crippen LogP contribution in [0.4, 0.5) is 0 Å². The zero-order valence-corrected chi connectivity index (χ0v) is 69.1. The van der Waals surface area contributed by atoms with E-state index in [0.717, 1.165) is 89.9 Å². The van der Waals surface area contributed by atoms with Crippen molar-refractivity contribution in [1.29, 1.82) is 0 Å². The van der Waals surface area contributed by atoms with Crippen LogP contribution in [0, 0.1) is 0 Å². The number of aliphatic hydroxyl groups excluding tert-OH is 1. The highest BCUT2D eigenvalue weighted by atomic mass is 31.2. The van der Waals surface area contributed by atoms with Crippen LogP contribution in [-0.2, 0) is 65.4 Å². The molecule has 0 fully saturated rings. The molecule has 0 heterocycles. The third-order valence-corrected chi connectivity index (χ3v) is 21.8. The van der Waals surface area contributed by atoms with Crippen molar-refractivity contribution >= 4 is 39.5 Å². The van der Waals surface area contributed by atoms with Crippen molar-refractivity contribution in [3.8, 4) is 0 Å². The van der Waals surface area contributed by atoms with Gasteiger partial charge in [0, 0.05) is 25.7 Å². The Bertz CT molecular complexity index is 1950. The summed E-state index contributed by atoms with van der Waals surface area (Å²) in [5.41, 5.74) is 0. The second kappa shape index (κ2) is 78.2. The van der Waals surface area contributed by atoms with Crippen molar-refractivity contribution in [2.75, 3.05) is 39.6 Å². The van der Waals surface area contributed by atoms with Gasteiger partial charge in [-0.25, -0.2) is 9.13 Å². The summed E-state index contributed by atoms with van der Waals surface area (Å²) < 4.78 is 68.8. The first-order valence-corrected chi connectivity index (χ1v) is 46.8. The largest absolute Gasteiger partial charge is 0.472 e. The van der Waals surface area contributed by atoms with E-state index in [2.05, 4.69) is 27.7 Å². The first kappa shape index (κ1) is 101. The molecule has 17 nitrogen and oxygen atoms in total. The van der Waals surface area contributed by atoms with Crippen LogP contribution in [0.15, 0.2) is 0 Å². The summed E-state index contributed by atoms with van der Waals surface area (Å²) in [6.07, 6.45) is 72.2. The number of rotatable bonds is 85. The van der Waals surface area contributed by atoms with E-state index in [9.17, 15) is 43.2 Å². The van der Waals surface area contributed by atoms with Crippen molar-refractivity contribution in [2.24, 2.45) is 0 Å². The molecular weight excluding hydrogens is 1340 g/mol. The summed E-state index contributed by atoms with van der Waals surface area (Å²) in [5.74, 6) is -2.10. The third-order valence-electron chi connectivity index (χ3n) is 19.9. The minimum absolute atomic E-state index is 0.108. The first-order valence-electron chi connectivity index (χ1n) is 43.8. The summed E-state index contributed by atoms with van der Waals surface area (Å²) in [6.45, 7) is 5.03. The Morgan fingerprint density at radius 2 is 0.388 bits per heavy atom. The lowest BCUT2D eigenvalue weighted by Crippen LogP contribution is -2.30. The smallest absolute Gasteiger partial charge is 0.462 e. The fraction of sp³-hybridized carbons (Fsp3) is 0.952. The molecule has 0 rings (SSSR count). The molecule has 0 aromatic heterocycles. The molecule has 103 heavy (non-hydrogen) atoms. The van der Waals surface area contributed by atoms with E-state index in [0.29, 0.717) is 25.7 Å². The molecule has 3 N–H and O–H groups in total. The maximum atomic E-state index is 13.1. The molecule has 0 aromatic carbocycles. The van der Waals surface area contributed by atoms with Crippen molar-refractivity contribution in [2.45, 2.75) is 476 Å². The predicted molar refractivity (Wildman–Crippen MR) is 423 cm³/mol. The maximum Gasteiger partial charge on any atom is 0.472 e. The minimum atomic E-state index is -4.96. The van der Waals surface area contributed by atoms with Crippen LogP contribution in [0.25, 0.3) is 0 Å². The van der Waals surface area contributed by atoms with Gasteiger partial charge in [0.05, 0.1) is 26.4 Å². The van der Waals surface area contributed by atoms with Crippen LogP contribution in [0.1, 0.15) is 458 Å². The van der Waals surface area contributed by atoms with Crippen LogP contribution in [-0.4, -0.2) is 96.7 Å². The lowest BCUT2D eigenvalue weighted by molar-refractivity contribution is -0.161. The number of esters is 4. The molecule has 19 heteroatoms. The van der Waals surface area contributed by atoms with Gasteiger partial charge in [-0.05, 0) is 25.7 Å². The number of carbonyl (C=O) groups is 4. The summed E-state index contributed by atoms with van der Waals surface area (Å²) in [4.78, 5) is 73.1. The molecule has 0 amide bonds. The molecule has 0 spiro atoms. The summed E-state index contributed by atoms with van der Waals surface area (Å²) in [6, 6.07) is 0. The average Bonchev–Trinajstić information content (AvgIpc) is 0.986. The zero-order chi connectivity index (χ0) is 75.3. The van der Waals surface area contributed by atoms with Gasteiger partial charge in [-0.2, -0.15) is 0 Å². The molecule has 0 saturated heterocycles. The van der Waals surface area contributed by atoms with Crippen LogP contribution >= 0.6 is 15.6 Å². The van der Waals surface area contributed by atoms with Crippen molar-refractivity contribution in [3.63, 3.8) is 0 Å². The highest BCUT2D eigenvalue weighted by molar-refractivity contribution is 7.47. The predicted octanol–water partition coefficient (Wildman–Crippen LogP) is 25.7. The van der Waals surface area contributed by atoms with Gasteiger partial charge in [0.15, 0.2) is 12.2 Å². The molecule has 2 unspecified atom stereocenters. The molecule has 0 saturated carbocycles. The third kappa shape index (κ3) is 78.0. The molecule has 0 aliphatic heterocycles. The van der Waals surface area contributed by atoms with E-state index in [-0.39, 0.29) is 25.7 Å². The second-order valence-electron chi connectivity index (χ2n) is 30.2. The highest BCUT2D eigenvalue weighted by Gasteiger charge is 2.30. The summed E-state index contributed by atoms with van der Waals surface area (Å²) in [5, 5.41) is 10.7. The SMILES string of the molecule is CCCCCCCCCCCCCCCCCCCCCCC(=O)OC[C@H](COP(=O)(O)OC[C@@H](O)COP(=O)(O)OC[C@@H](COC(=O)CCCCCCCCCCCC)OC(=O)CCCCCCCCCCCCCCC)OC(=O)CCCCCCCCCCCCCCCCCCCCCC. The van der Waals surface area contributed by atoms with Crippen molar-refractivity contribution in [1.82, 2.24) is 0 Å². The van der Waals surface area contributed by atoms with Crippen LogP contribution in [0.5, 0.6) is 0 Å². The van der Waals surface area contributed by atoms with E-state index in [1.165, 1.54) is 289 Å². The number of phosphoric ester groups is 2. The number of ether oxygens (including phenoxy) is 4. The van der Waals surface area contributed by atoms with Crippen LogP contribution < -0.4 is 0 Å². The molecule has 612 valence electrons. The van der Waals surface area contributed by atoms with E-state index < -0.39 is 97.5 Å². The van der Waals surface area contributed by atoms with Gasteiger partial charge in [0.1, 0.15) is 19.3 Å². The number of hydrogen-bond donors (Lipinski definition) is 3. The molecular formula is C84H164O17P2. The number of unbranched alkanes of at least 4 members (excludes halogenated alkanes) is 59. The van der Waals surface area contributed by atoms with Gasteiger partial charge in [-0.1, -0.05) is 407 Å². The van der Waals surface area contributed by atoms with E-state index >= 15 is 0 Å². The average molecular weight is 1510 g/mol. The Morgan fingerprint density at radius 3 is 0.573 bits per heavy atom. The van der Waals surface area contributed by atoms with Gasteiger partial charge >= 0.3 is 39.5 Å². The number of phosphoric acid groups is 2. The van der Waals surface area contributed by atoms with E-state index in [1.54, 1.807) is 0 Å². The molecule has 0 aliphatic carbocycles. The van der Waals surface area contributed by atoms with Crippen LogP contribution in [0.2, 0.25) is 0 Å². The monoisotopic (exact) mass is 1510 g/mol. The maximum absolute atomic E-state index is 13.1. The minimum Gasteiger partial charge on any atom is -0.462 e. The first-order chi connectivity index (χ1) is 50.2. The Hall–Kier alpha value is -1.94. The lowest BCUT2D eigenvalue weighted by Gasteiger charge is -2.21. The Labute approximate surface area is 632 Å². The van der Waals surface area contributed by atoms with Gasteiger partial charge in [-0.3, -0.25) is 37.3 Å². The van der Waals surface area contributed by atoms with E-state index in [1.807, 2.05) is 0 Å². The Morgan fingerprint density at radius 1 is 0.233 bits per heavy atom. The molecule has 0 aliphatic rings. The summed E-state index contributed by atoms with van der Waals surface area (Å²) >= 11 is 0. The van der Waals surface area contributed by atoms with Gasteiger partial charge in [0.25, 0.3) is 0 Å². The molecule has 0 radical (unpaired) electrons. The van der Waals surface area contributed by atoms with Crippen LogP contribution in [0.3, 0.4) is 0 Å². The normalized spacial score (nSPS) is 13.7. The quantitative estimate of drug-likeness (QED) is 0.0222. The number of carbonyl (C=O) groups excluding carboxylic acids is 4. The number of aliphatic hydroxyl groups is 1. The molecule has 5 atom stereocenters. The second-order valence-corrected chi connectivity index (χ2v) is 33.1. The van der Waals surface area contributed by atoms with E-state index in [4.69, 9.17) is 37.0 Å². The fourth-order valence-corrected chi connectivity index (χ4v) is 14.7. The highest BCUT2D eigenvalue weighted by Crippen LogP contribution is 2.45. The van der Waals surface area contributed by atoms with Crippen molar-refractivity contribution < 1.29 is 80.2 Å². The number of hydrogen-bond acceptors (Lipinski definition) is 15. The van der Waals surface area contributed by atoms with Gasteiger partial charge in [0.2, 0.25) is 0 Å². The topological polar surface area (TPSA) is 237 Å². The van der Waals surface area contributed by atoms with Gasteiger partial charge in [-0.15, -0.1) is 0 Å². The fourth-order valence-electron chi connectivity index (χ4n) is 13.2. The Balaban J connectivity index is 5.21. The van der Waals surface area contributed by atoms with Crippen molar-refractivity contribution in [3.05, 3.63) is 0 Å². The lowest BCUT2D eigenvalue weighted by atomic mass is 10.0. The van der Waals surface area contributed by atoms with Gasteiger partial charge < -0.3 is 33.8 Å².